The van der Waals surface area contributed by atoms with Gasteiger partial charge in [0.15, 0.2) is 0 Å². The number of carbonyl (C=O) groups is 2. The number of benzene rings is 2. The molecule has 2 saturated heterocycles. The number of ether oxygens (including phenoxy) is 2. The Morgan fingerprint density at radius 3 is 2.38 bits per heavy atom. The quantitative estimate of drug-likeness (QED) is 0.447. The highest BCUT2D eigenvalue weighted by molar-refractivity contribution is 6.30. The number of piperazine rings is 1. The van der Waals surface area contributed by atoms with Crippen molar-refractivity contribution in [2.24, 2.45) is 0 Å². The van der Waals surface area contributed by atoms with Crippen LogP contribution in [0.5, 0.6) is 5.75 Å². The summed E-state index contributed by atoms with van der Waals surface area (Å²) in [4.78, 5) is 35.0. The third-order valence-electron chi connectivity index (χ3n) is 7.57. The molecule has 2 aliphatic heterocycles. The molecule has 2 amide bonds. The Balaban J connectivity index is 1.42. The molecule has 0 aromatic heterocycles. The summed E-state index contributed by atoms with van der Waals surface area (Å²) >= 11 is 6.03. The molecule has 0 radical (unpaired) electrons. The van der Waals surface area contributed by atoms with Crippen molar-refractivity contribution in [1.82, 2.24) is 19.6 Å². The molecular formula is C30H41ClN4O4. The fourth-order valence-corrected chi connectivity index (χ4v) is 5.26. The van der Waals surface area contributed by atoms with Gasteiger partial charge in [-0.15, -0.1) is 0 Å². The lowest BCUT2D eigenvalue weighted by molar-refractivity contribution is -0.166. The molecule has 2 aliphatic rings. The van der Waals surface area contributed by atoms with E-state index in [0.29, 0.717) is 49.6 Å². The Hall–Kier alpha value is -2.65. The third-order valence-corrected chi connectivity index (χ3v) is 7.83. The van der Waals surface area contributed by atoms with Crippen molar-refractivity contribution >= 4 is 23.4 Å². The van der Waals surface area contributed by atoms with E-state index in [1.807, 2.05) is 35.2 Å². The standard InChI is InChI=1S/C30H41ClN4O4/c1-24(2)34-15-13-33(14-16-34)21-29(37)35-17-18-39-30(22-35,23-38-27-11-9-26(31)10-12-27)19-28(36)32(3)20-25-7-5-4-6-8-25/h4-12,24H,13-23H2,1-3H3/t30-/m1/s1. The predicted octanol–water partition coefficient (Wildman–Crippen LogP) is 3.39. The minimum absolute atomic E-state index is 0.0577. The molecular weight excluding hydrogens is 516 g/mol. The van der Waals surface area contributed by atoms with Gasteiger partial charge < -0.3 is 19.3 Å². The van der Waals surface area contributed by atoms with Gasteiger partial charge in [-0.2, -0.15) is 0 Å². The summed E-state index contributed by atoms with van der Waals surface area (Å²) in [5, 5.41) is 0.620. The van der Waals surface area contributed by atoms with E-state index in [4.69, 9.17) is 21.1 Å². The Bertz CT molecular complexity index is 1080. The van der Waals surface area contributed by atoms with Gasteiger partial charge in [0, 0.05) is 57.4 Å². The minimum atomic E-state index is -0.952. The second kappa shape index (κ2) is 13.6. The van der Waals surface area contributed by atoms with Crippen LogP contribution in [0.25, 0.3) is 0 Å². The fraction of sp³-hybridized carbons (Fsp3) is 0.533. The first-order valence-corrected chi connectivity index (χ1v) is 14.2. The minimum Gasteiger partial charge on any atom is -0.490 e. The third kappa shape index (κ3) is 8.42. The highest BCUT2D eigenvalue weighted by Gasteiger charge is 2.42. The van der Waals surface area contributed by atoms with Gasteiger partial charge in [0.05, 0.1) is 26.1 Å². The molecule has 2 aromatic carbocycles. The van der Waals surface area contributed by atoms with Crippen LogP contribution in [0.15, 0.2) is 54.6 Å². The van der Waals surface area contributed by atoms with E-state index in [1.165, 1.54) is 0 Å². The monoisotopic (exact) mass is 556 g/mol. The molecule has 0 spiro atoms. The summed E-state index contributed by atoms with van der Waals surface area (Å²) in [6.45, 7) is 10.3. The van der Waals surface area contributed by atoms with Crippen LogP contribution >= 0.6 is 11.6 Å². The molecule has 0 unspecified atom stereocenters. The van der Waals surface area contributed by atoms with Gasteiger partial charge in [0.2, 0.25) is 11.8 Å². The molecule has 9 heteroatoms. The summed E-state index contributed by atoms with van der Waals surface area (Å²) in [7, 11) is 1.80. The van der Waals surface area contributed by atoms with E-state index in [-0.39, 0.29) is 24.8 Å². The second-order valence-corrected chi connectivity index (χ2v) is 11.3. The summed E-state index contributed by atoms with van der Waals surface area (Å²) < 4.78 is 12.4. The highest BCUT2D eigenvalue weighted by atomic mass is 35.5. The van der Waals surface area contributed by atoms with E-state index in [9.17, 15) is 9.59 Å². The first-order valence-electron chi connectivity index (χ1n) is 13.8. The molecule has 1 atom stereocenters. The van der Waals surface area contributed by atoms with Crippen LogP contribution in [0.1, 0.15) is 25.8 Å². The first-order chi connectivity index (χ1) is 18.7. The van der Waals surface area contributed by atoms with Crippen molar-refractivity contribution in [3.63, 3.8) is 0 Å². The van der Waals surface area contributed by atoms with E-state index < -0.39 is 5.60 Å². The van der Waals surface area contributed by atoms with Crippen molar-refractivity contribution in [2.75, 3.05) is 66.1 Å². The van der Waals surface area contributed by atoms with Crippen LogP contribution in [0.3, 0.4) is 0 Å². The maximum Gasteiger partial charge on any atom is 0.236 e. The van der Waals surface area contributed by atoms with Gasteiger partial charge in [-0.05, 0) is 43.7 Å². The average Bonchev–Trinajstić information content (AvgIpc) is 2.93. The largest absolute Gasteiger partial charge is 0.490 e. The number of rotatable bonds is 10. The Morgan fingerprint density at radius 2 is 1.72 bits per heavy atom. The number of halogens is 1. The van der Waals surface area contributed by atoms with Crippen molar-refractivity contribution in [2.45, 2.75) is 38.5 Å². The normalized spacial score (nSPS) is 20.7. The predicted molar refractivity (Wildman–Crippen MR) is 153 cm³/mol. The molecule has 0 N–H and O–H groups in total. The smallest absolute Gasteiger partial charge is 0.236 e. The van der Waals surface area contributed by atoms with Crippen LogP contribution in [0, 0.1) is 0 Å². The van der Waals surface area contributed by atoms with E-state index in [0.717, 1.165) is 31.7 Å². The Morgan fingerprint density at radius 1 is 1.03 bits per heavy atom. The Labute approximate surface area is 237 Å². The van der Waals surface area contributed by atoms with Gasteiger partial charge in [0.1, 0.15) is 18.0 Å². The molecule has 8 nitrogen and oxygen atoms in total. The molecule has 2 heterocycles. The van der Waals surface area contributed by atoms with Gasteiger partial charge in [0.25, 0.3) is 0 Å². The Kier molecular flexibility index (Phi) is 10.2. The zero-order chi connectivity index (χ0) is 27.8. The number of nitrogens with zero attached hydrogens (tertiary/aromatic N) is 4. The van der Waals surface area contributed by atoms with Crippen molar-refractivity contribution in [3.8, 4) is 5.75 Å². The zero-order valence-corrected chi connectivity index (χ0v) is 24.1. The summed E-state index contributed by atoms with van der Waals surface area (Å²) in [5.41, 5.74) is 0.102. The van der Waals surface area contributed by atoms with Crippen molar-refractivity contribution in [3.05, 3.63) is 65.2 Å². The number of hydrogen-bond acceptors (Lipinski definition) is 6. The van der Waals surface area contributed by atoms with E-state index in [2.05, 4.69) is 23.6 Å². The van der Waals surface area contributed by atoms with Crippen molar-refractivity contribution < 1.29 is 19.1 Å². The van der Waals surface area contributed by atoms with E-state index >= 15 is 0 Å². The SMILES string of the molecule is CC(C)N1CCN(CC(=O)N2CCO[C@](COc3ccc(Cl)cc3)(CC(=O)N(C)Cc3ccccc3)C2)CC1. The van der Waals surface area contributed by atoms with Crippen LogP contribution in [0.2, 0.25) is 5.02 Å². The zero-order valence-electron chi connectivity index (χ0n) is 23.4. The molecule has 0 bridgehead atoms. The van der Waals surface area contributed by atoms with Gasteiger partial charge in [-0.3, -0.25) is 19.4 Å². The molecule has 212 valence electrons. The lowest BCUT2D eigenvalue weighted by Crippen LogP contribution is -2.60. The molecule has 0 saturated carbocycles. The molecule has 2 fully saturated rings. The molecule has 4 rings (SSSR count). The number of hydrogen-bond donors (Lipinski definition) is 0. The van der Waals surface area contributed by atoms with Crippen molar-refractivity contribution in [1.29, 1.82) is 0 Å². The summed E-state index contributed by atoms with van der Waals surface area (Å²) in [6.07, 6.45) is 0.112. The van der Waals surface area contributed by atoms with Crippen LogP contribution in [0.4, 0.5) is 0 Å². The number of morpholine rings is 1. The summed E-state index contributed by atoms with van der Waals surface area (Å²) in [6, 6.07) is 17.5. The lowest BCUT2D eigenvalue weighted by atomic mass is 9.96. The molecule has 2 aromatic rings. The average molecular weight is 557 g/mol. The number of amides is 2. The van der Waals surface area contributed by atoms with Crippen LogP contribution in [-0.2, 0) is 20.9 Å². The first kappa shape index (κ1) is 29.3. The molecule has 0 aliphatic carbocycles. The topological polar surface area (TPSA) is 65.6 Å². The lowest BCUT2D eigenvalue weighted by Gasteiger charge is -2.43. The maximum atomic E-state index is 13.4. The second-order valence-electron chi connectivity index (χ2n) is 10.9. The van der Waals surface area contributed by atoms with Crippen LogP contribution in [-0.4, -0.2) is 109 Å². The maximum absolute atomic E-state index is 13.4. The summed E-state index contributed by atoms with van der Waals surface area (Å²) in [5.74, 6) is 0.647. The van der Waals surface area contributed by atoms with E-state index in [1.54, 1.807) is 36.2 Å². The van der Waals surface area contributed by atoms with Crippen LogP contribution < -0.4 is 4.74 Å². The van der Waals surface area contributed by atoms with Gasteiger partial charge in [-0.1, -0.05) is 41.9 Å². The van der Waals surface area contributed by atoms with Gasteiger partial charge in [-0.25, -0.2) is 0 Å². The van der Waals surface area contributed by atoms with Gasteiger partial charge >= 0.3 is 0 Å². The number of carbonyl (C=O) groups excluding carboxylic acids is 2. The highest BCUT2D eigenvalue weighted by Crippen LogP contribution is 2.26. The molecule has 39 heavy (non-hydrogen) atoms. The fourth-order valence-electron chi connectivity index (χ4n) is 5.13.